The van der Waals surface area contributed by atoms with E-state index >= 15 is 0 Å². The van der Waals surface area contributed by atoms with Crippen LogP contribution in [0.1, 0.15) is 54.4 Å². The second kappa shape index (κ2) is 6.36. The van der Waals surface area contributed by atoms with Gasteiger partial charge in [-0.3, -0.25) is 4.90 Å². The first-order chi connectivity index (χ1) is 8.23. The maximum atomic E-state index is 5.86. The van der Waals surface area contributed by atoms with E-state index in [1.807, 2.05) is 0 Å². The van der Waals surface area contributed by atoms with Gasteiger partial charge in [0.05, 0.1) is 12.2 Å². The molecule has 0 aliphatic carbocycles. The molecule has 1 atom stereocenters. The normalized spacial score (nSPS) is 25.3. The Hall–Kier alpha value is -0.120. The highest BCUT2D eigenvalue weighted by Gasteiger charge is 2.31. The van der Waals surface area contributed by atoms with Crippen molar-refractivity contribution in [1.29, 1.82) is 0 Å². The highest BCUT2D eigenvalue weighted by atomic mass is 16.5. The van der Waals surface area contributed by atoms with E-state index in [1.54, 1.807) is 0 Å². The van der Waals surface area contributed by atoms with Gasteiger partial charge < -0.3 is 10.1 Å². The van der Waals surface area contributed by atoms with Crippen LogP contribution in [0, 0.1) is 0 Å². The average Bonchev–Trinajstić information content (AvgIpc) is 2.20. The van der Waals surface area contributed by atoms with Crippen LogP contribution < -0.4 is 5.32 Å². The lowest BCUT2D eigenvalue weighted by Crippen LogP contribution is -2.62. The number of nitrogens with zero attached hydrogens (tertiary/aromatic N) is 1. The average molecular weight is 256 g/mol. The summed E-state index contributed by atoms with van der Waals surface area (Å²) in [4.78, 5) is 2.60. The molecular weight excluding hydrogens is 224 g/mol. The summed E-state index contributed by atoms with van der Waals surface area (Å²) in [6.07, 6.45) is 2.53. The number of piperazine rings is 1. The van der Waals surface area contributed by atoms with Crippen molar-refractivity contribution in [2.75, 3.05) is 26.2 Å². The molecule has 0 bridgehead atoms. The zero-order chi connectivity index (χ0) is 13.8. The third kappa shape index (κ3) is 5.68. The molecule has 1 saturated heterocycles. The first-order valence-electron chi connectivity index (χ1n) is 7.36. The molecule has 0 radical (unpaired) electrons. The van der Waals surface area contributed by atoms with Gasteiger partial charge in [0, 0.05) is 31.2 Å². The van der Waals surface area contributed by atoms with Crippen LogP contribution in [0.2, 0.25) is 0 Å². The van der Waals surface area contributed by atoms with Crippen molar-refractivity contribution in [3.63, 3.8) is 0 Å². The molecule has 0 spiro atoms. The smallest absolute Gasteiger partial charge is 0.0600 e. The zero-order valence-corrected chi connectivity index (χ0v) is 13.2. The summed E-state index contributed by atoms with van der Waals surface area (Å²) in [6.45, 7) is 17.3. The van der Waals surface area contributed by atoms with Crippen LogP contribution in [0.4, 0.5) is 0 Å². The van der Waals surface area contributed by atoms with Crippen LogP contribution in [0.15, 0.2) is 0 Å². The Labute approximate surface area is 113 Å². The Morgan fingerprint density at radius 2 is 2.00 bits per heavy atom. The molecule has 3 heteroatoms. The van der Waals surface area contributed by atoms with Gasteiger partial charge in [-0.1, -0.05) is 13.3 Å². The van der Waals surface area contributed by atoms with Gasteiger partial charge >= 0.3 is 0 Å². The number of hydrogen-bond donors (Lipinski definition) is 1. The summed E-state index contributed by atoms with van der Waals surface area (Å²) in [5.74, 6) is 0. The number of rotatable bonds is 5. The minimum absolute atomic E-state index is 0.0240. The third-order valence-corrected chi connectivity index (χ3v) is 3.47. The summed E-state index contributed by atoms with van der Waals surface area (Å²) in [7, 11) is 0. The Morgan fingerprint density at radius 3 is 2.56 bits per heavy atom. The van der Waals surface area contributed by atoms with Crippen molar-refractivity contribution in [2.24, 2.45) is 0 Å². The summed E-state index contributed by atoms with van der Waals surface area (Å²) in [5.41, 5.74) is 0.204. The van der Waals surface area contributed by atoms with Gasteiger partial charge in [0.15, 0.2) is 0 Å². The van der Waals surface area contributed by atoms with Crippen LogP contribution in [0.25, 0.3) is 0 Å². The fourth-order valence-electron chi connectivity index (χ4n) is 2.56. The van der Waals surface area contributed by atoms with Crippen molar-refractivity contribution in [1.82, 2.24) is 10.2 Å². The largest absolute Gasteiger partial charge is 0.375 e. The Kier molecular flexibility index (Phi) is 5.63. The van der Waals surface area contributed by atoms with Crippen LogP contribution >= 0.6 is 0 Å². The molecule has 0 saturated carbocycles. The van der Waals surface area contributed by atoms with E-state index in [2.05, 4.69) is 51.8 Å². The van der Waals surface area contributed by atoms with E-state index < -0.39 is 0 Å². The SMILES string of the molecule is CCCC1CNC(C)(C)CN1CCOC(C)(C)C. The third-order valence-electron chi connectivity index (χ3n) is 3.47. The Bertz CT molecular complexity index is 245. The summed E-state index contributed by atoms with van der Waals surface area (Å²) in [5, 5.41) is 3.65. The molecular formula is C15H32N2O. The topological polar surface area (TPSA) is 24.5 Å². The van der Waals surface area contributed by atoms with Gasteiger partial charge in [0.1, 0.15) is 0 Å². The molecule has 0 amide bonds. The molecule has 0 aromatic carbocycles. The summed E-state index contributed by atoms with van der Waals surface area (Å²) >= 11 is 0. The molecule has 108 valence electrons. The van der Waals surface area contributed by atoms with Gasteiger partial charge in [0.2, 0.25) is 0 Å². The first kappa shape index (κ1) is 15.9. The lowest BCUT2D eigenvalue weighted by molar-refractivity contribution is -0.0264. The van der Waals surface area contributed by atoms with E-state index in [-0.39, 0.29) is 11.1 Å². The zero-order valence-electron chi connectivity index (χ0n) is 13.2. The minimum atomic E-state index is -0.0240. The minimum Gasteiger partial charge on any atom is -0.375 e. The standard InChI is InChI=1S/C15H32N2O/c1-7-8-13-11-16-15(5,6)12-17(13)9-10-18-14(2,3)4/h13,16H,7-12H2,1-6H3. The number of hydrogen-bond acceptors (Lipinski definition) is 3. The summed E-state index contributed by atoms with van der Waals surface area (Å²) < 4.78 is 5.86. The Morgan fingerprint density at radius 1 is 1.33 bits per heavy atom. The molecule has 0 aromatic rings. The molecule has 1 rings (SSSR count). The monoisotopic (exact) mass is 256 g/mol. The molecule has 1 aliphatic heterocycles. The molecule has 18 heavy (non-hydrogen) atoms. The predicted molar refractivity (Wildman–Crippen MR) is 78.1 cm³/mol. The molecule has 1 N–H and O–H groups in total. The lowest BCUT2D eigenvalue weighted by atomic mass is 9.97. The maximum absolute atomic E-state index is 5.86. The summed E-state index contributed by atoms with van der Waals surface area (Å²) in [6, 6.07) is 0.673. The Balaban J connectivity index is 2.46. The number of nitrogens with one attached hydrogen (secondary N) is 1. The highest BCUT2D eigenvalue weighted by Crippen LogP contribution is 2.18. The van der Waals surface area contributed by atoms with Crippen molar-refractivity contribution < 1.29 is 4.74 Å². The fourth-order valence-corrected chi connectivity index (χ4v) is 2.56. The molecule has 1 aliphatic rings. The second-order valence-electron chi connectivity index (χ2n) is 7.14. The van der Waals surface area contributed by atoms with Crippen LogP contribution in [0.5, 0.6) is 0 Å². The molecule has 1 unspecified atom stereocenters. The fraction of sp³-hybridized carbons (Fsp3) is 1.00. The molecule has 0 aromatic heterocycles. The van der Waals surface area contributed by atoms with E-state index in [0.29, 0.717) is 6.04 Å². The van der Waals surface area contributed by atoms with Gasteiger partial charge in [0.25, 0.3) is 0 Å². The van der Waals surface area contributed by atoms with Crippen LogP contribution in [-0.2, 0) is 4.74 Å². The first-order valence-corrected chi connectivity index (χ1v) is 7.36. The van der Waals surface area contributed by atoms with Crippen molar-refractivity contribution in [3.05, 3.63) is 0 Å². The van der Waals surface area contributed by atoms with Gasteiger partial charge in [-0.05, 0) is 41.0 Å². The van der Waals surface area contributed by atoms with Gasteiger partial charge in [-0.25, -0.2) is 0 Å². The van der Waals surface area contributed by atoms with Gasteiger partial charge in [-0.2, -0.15) is 0 Å². The van der Waals surface area contributed by atoms with Gasteiger partial charge in [-0.15, -0.1) is 0 Å². The molecule has 1 heterocycles. The number of ether oxygens (including phenoxy) is 1. The van der Waals surface area contributed by atoms with Crippen LogP contribution in [-0.4, -0.2) is 48.3 Å². The molecule has 3 nitrogen and oxygen atoms in total. The second-order valence-corrected chi connectivity index (χ2v) is 7.14. The quantitative estimate of drug-likeness (QED) is 0.818. The highest BCUT2D eigenvalue weighted by molar-refractivity contribution is 4.92. The van der Waals surface area contributed by atoms with E-state index in [9.17, 15) is 0 Å². The van der Waals surface area contributed by atoms with Crippen molar-refractivity contribution >= 4 is 0 Å². The maximum Gasteiger partial charge on any atom is 0.0600 e. The van der Waals surface area contributed by atoms with E-state index in [0.717, 1.165) is 26.2 Å². The van der Waals surface area contributed by atoms with E-state index in [1.165, 1.54) is 12.8 Å². The van der Waals surface area contributed by atoms with E-state index in [4.69, 9.17) is 4.74 Å². The van der Waals surface area contributed by atoms with Crippen molar-refractivity contribution in [2.45, 2.75) is 71.6 Å². The predicted octanol–water partition coefficient (Wildman–Crippen LogP) is 2.65. The van der Waals surface area contributed by atoms with Crippen LogP contribution in [0.3, 0.4) is 0 Å². The van der Waals surface area contributed by atoms with Crippen molar-refractivity contribution in [3.8, 4) is 0 Å². The lowest BCUT2D eigenvalue weighted by Gasteiger charge is -2.45. The molecule has 1 fully saturated rings.